The number of carbonyl (C=O) groups excluding carboxylic acids is 1. The smallest absolute Gasteiger partial charge is 0.274 e. The third kappa shape index (κ3) is 3.88. The number of nitrogens with zero attached hydrogens (tertiary/aromatic N) is 4. The number of nitrogens with one attached hydrogen (secondary N) is 1. The highest BCUT2D eigenvalue weighted by Gasteiger charge is 2.16. The summed E-state index contributed by atoms with van der Waals surface area (Å²) in [5.74, 6) is -0.313. The lowest BCUT2D eigenvalue weighted by Gasteiger charge is -2.11. The Morgan fingerprint density at radius 1 is 0.906 bits per heavy atom. The van der Waals surface area contributed by atoms with Gasteiger partial charge >= 0.3 is 0 Å². The molecule has 0 saturated heterocycles. The van der Waals surface area contributed by atoms with Crippen LogP contribution in [0.25, 0.3) is 16.4 Å². The number of benzene rings is 2. The molecule has 0 unspecified atom stereocenters. The fourth-order valence-corrected chi connectivity index (χ4v) is 3.76. The minimum atomic E-state index is -0.313. The highest BCUT2D eigenvalue weighted by Crippen LogP contribution is 2.14. The number of amides is 1. The van der Waals surface area contributed by atoms with Crippen LogP contribution in [0.1, 0.15) is 21.7 Å². The standard InChI is InChI=1S/C25H21N5O2/c31-24(26-14-13-19-17-29-15-7-6-12-22(29)27-19)23-20-10-4-5-11-21(20)25(32)30(28-23)16-18-8-2-1-3-9-18/h1-12,15,17H,13-14,16H2,(H,26,31). The van der Waals surface area contributed by atoms with Gasteiger partial charge in [0.05, 0.1) is 17.6 Å². The minimum absolute atomic E-state index is 0.217. The van der Waals surface area contributed by atoms with Crippen LogP contribution in [0.3, 0.4) is 0 Å². The van der Waals surface area contributed by atoms with Crippen molar-refractivity contribution in [3.8, 4) is 0 Å². The lowest BCUT2D eigenvalue weighted by Crippen LogP contribution is -2.32. The second-order valence-corrected chi connectivity index (χ2v) is 7.55. The van der Waals surface area contributed by atoms with Crippen LogP contribution in [-0.4, -0.2) is 31.6 Å². The van der Waals surface area contributed by atoms with Crippen LogP contribution in [0, 0.1) is 0 Å². The van der Waals surface area contributed by atoms with Gasteiger partial charge in [0.15, 0.2) is 5.69 Å². The topological polar surface area (TPSA) is 81.3 Å². The molecule has 1 amide bonds. The third-order valence-corrected chi connectivity index (χ3v) is 5.34. The molecule has 0 aliphatic heterocycles. The fraction of sp³-hybridized carbons (Fsp3) is 0.120. The van der Waals surface area contributed by atoms with Crippen molar-refractivity contribution in [3.05, 3.63) is 112 Å². The molecule has 0 fully saturated rings. The summed E-state index contributed by atoms with van der Waals surface area (Å²) in [7, 11) is 0. The van der Waals surface area contributed by atoms with E-state index in [2.05, 4.69) is 15.4 Å². The van der Waals surface area contributed by atoms with E-state index in [-0.39, 0.29) is 17.2 Å². The molecule has 32 heavy (non-hydrogen) atoms. The predicted molar refractivity (Wildman–Crippen MR) is 123 cm³/mol. The molecule has 0 aliphatic carbocycles. The fourth-order valence-electron chi connectivity index (χ4n) is 3.76. The number of fused-ring (bicyclic) bond motifs is 2. The zero-order chi connectivity index (χ0) is 21.9. The Bertz CT molecular complexity index is 1440. The summed E-state index contributed by atoms with van der Waals surface area (Å²) in [6.07, 6.45) is 4.49. The van der Waals surface area contributed by atoms with Crippen molar-refractivity contribution in [2.24, 2.45) is 0 Å². The number of carbonyl (C=O) groups is 1. The molecule has 7 heteroatoms. The second-order valence-electron chi connectivity index (χ2n) is 7.55. The SMILES string of the molecule is O=C(NCCc1cn2ccccc2n1)c1nn(Cc2ccccc2)c(=O)c2ccccc12. The lowest BCUT2D eigenvalue weighted by molar-refractivity contribution is 0.0948. The number of aromatic nitrogens is 4. The summed E-state index contributed by atoms with van der Waals surface area (Å²) in [5.41, 5.74) is 2.73. The van der Waals surface area contributed by atoms with E-state index in [9.17, 15) is 9.59 Å². The number of hydrogen-bond acceptors (Lipinski definition) is 4. The van der Waals surface area contributed by atoms with Crippen LogP contribution < -0.4 is 10.9 Å². The summed E-state index contributed by atoms with van der Waals surface area (Å²) < 4.78 is 3.31. The number of hydrogen-bond donors (Lipinski definition) is 1. The molecule has 0 atom stereocenters. The van der Waals surface area contributed by atoms with Crippen LogP contribution in [0.4, 0.5) is 0 Å². The molecule has 5 rings (SSSR count). The van der Waals surface area contributed by atoms with E-state index in [0.29, 0.717) is 30.3 Å². The average molecular weight is 423 g/mol. The van der Waals surface area contributed by atoms with Crippen molar-refractivity contribution in [2.45, 2.75) is 13.0 Å². The Balaban J connectivity index is 1.39. The average Bonchev–Trinajstić information content (AvgIpc) is 3.24. The van der Waals surface area contributed by atoms with Crippen LogP contribution in [0.2, 0.25) is 0 Å². The normalized spacial score (nSPS) is 11.1. The van der Waals surface area contributed by atoms with E-state index in [1.54, 1.807) is 24.3 Å². The van der Waals surface area contributed by atoms with E-state index in [1.807, 2.05) is 65.3 Å². The van der Waals surface area contributed by atoms with Gasteiger partial charge in [-0.2, -0.15) is 5.10 Å². The zero-order valence-electron chi connectivity index (χ0n) is 17.3. The van der Waals surface area contributed by atoms with Gasteiger partial charge in [0.2, 0.25) is 0 Å². The van der Waals surface area contributed by atoms with Gasteiger partial charge in [-0.25, -0.2) is 9.67 Å². The van der Waals surface area contributed by atoms with Gasteiger partial charge in [-0.3, -0.25) is 9.59 Å². The molecule has 0 aliphatic rings. The van der Waals surface area contributed by atoms with Gasteiger partial charge in [-0.15, -0.1) is 0 Å². The summed E-state index contributed by atoms with van der Waals surface area (Å²) in [6.45, 7) is 0.711. The number of imidazole rings is 1. The van der Waals surface area contributed by atoms with Gasteiger partial charge in [0.1, 0.15) is 5.65 Å². The first-order valence-corrected chi connectivity index (χ1v) is 10.4. The molecule has 3 heterocycles. The second kappa shape index (κ2) is 8.47. The Labute approximate surface area is 184 Å². The molecule has 7 nitrogen and oxygen atoms in total. The van der Waals surface area contributed by atoms with Crippen molar-refractivity contribution in [2.75, 3.05) is 6.54 Å². The molecule has 3 aromatic heterocycles. The van der Waals surface area contributed by atoms with Crippen LogP contribution in [0.15, 0.2) is 90.0 Å². The lowest BCUT2D eigenvalue weighted by atomic mass is 10.1. The molecule has 0 bridgehead atoms. The van der Waals surface area contributed by atoms with E-state index in [4.69, 9.17) is 0 Å². The highest BCUT2D eigenvalue weighted by molar-refractivity contribution is 6.04. The van der Waals surface area contributed by atoms with Crippen LogP contribution >= 0.6 is 0 Å². The minimum Gasteiger partial charge on any atom is -0.350 e. The molecular weight excluding hydrogens is 402 g/mol. The van der Waals surface area contributed by atoms with E-state index in [0.717, 1.165) is 16.9 Å². The van der Waals surface area contributed by atoms with Gasteiger partial charge in [0.25, 0.3) is 11.5 Å². The molecule has 2 aromatic carbocycles. The molecule has 0 saturated carbocycles. The Kier molecular flexibility index (Phi) is 5.21. The van der Waals surface area contributed by atoms with Crippen molar-refractivity contribution in [1.29, 1.82) is 0 Å². The van der Waals surface area contributed by atoms with Crippen LogP contribution in [-0.2, 0) is 13.0 Å². The zero-order valence-corrected chi connectivity index (χ0v) is 17.3. The largest absolute Gasteiger partial charge is 0.350 e. The first kappa shape index (κ1) is 19.7. The van der Waals surface area contributed by atoms with Crippen LogP contribution in [0.5, 0.6) is 0 Å². The summed E-state index contributed by atoms with van der Waals surface area (Å²) >= 11 is 0. The van der Waals surface area contributed by atoms with E-state index < -0.39 is 0 Å². The summed E-state index contributed by atoms with van der Waals surface area (Å²) in [5, 5.41) is 8.38. The predicted octanol–water partition coefficient (Wildman–Crippen LogP) is 3.07. The maximum absolute atomic E-state index is 13.0. The van der Waals surface area contributed by atoms with E-state index in [1.165, 1.54) is 4.68 Å². The molecule has 5 aromatic rings. The van der Waals surface area contributed by atoms with Crippen molar-refractivity contribution < 1.29 is 4.79 Å². The molecular formula is C25H21N5O2. The van der Waals surface area contributed by atoms with Crippen molar-refractivity contribution in [3.63, 3.8) is 0 Å². The van der Waals surface area contributed by atoms with Crippen molar-refractivity contribution >= 4 is 22.3 Å². The quantitative estimate of drug-likeness (QED) is 0.455. The Morgan fingerprint density at radius 3 is 2.47 bits per heavy atom. The number of pyridine rings is 1. The third-order valence-electron chi connectivity index (χ3n) is 5.34. The van der Waals surface area contributed by atoms with Crippen molar-refractivity contribution in [1.82, 2.24) is 24.5 Å². The summed E-state index contributed by atoms with van der Waals surface area (Å²) in [6, 6.07) is 22.5. The van der Waals surface area contributed by atoms with Gasteiger partial charge < -0.3 is 9.72 Å². The number of rotatable bonds is 6. The van der Waals surface area contributed by atoms with Gasteiger partial charge in [0, 0.05) is 30.7 Å². The molecule has 1 N–H and O–H groups in total. The van der Waals surface area contributed by atoms with Gasteiger partial charge in [-0.1, -0.05) is 54.6 Å². The summed E-state index contributed by atoms with van der Waals surface area (Å²) in [4.78, 5) is 30.5. The first-order chi connectivity index (χ1) is 15.7. The molecule has 0 spiro atoms. The Hall–Kier alpha value is -4.26. The molecule has 0 radical (unpaired) electrons. The first-order valence-electron chi connectivity index (χ1n) is 10.4. The highest BCUT2D eigenvalue weighted by atomic mass is 16.2. The maximum atomic E-state index is 13.0. The van der Waals surface area contributed by atoms with E-state index >= 15 is 0 Å². The monoisotopic (exact) mass is 423 g/mol. The van der Waals surface area contributed by atoms with Gasteiger partial charge in [-0.05, 0) is 23.8 Å². The molecule has 158 valence electrons. The maximum Gasteiger partial charge on any atom is 0.274 e. The Morgan fingerprint density at radius 2 is 1.66 bits per heavy atom.